The summed E-state index contributed by atoms with van der Waals surface area (Å²) in [7, 11) is 0. The molecule has 3 rings (SSSR count). The lowest BCUT2D eigenvalue weighted by atomic mass is 9.91. The average Bonchev–Trinajstić information content (AvgIpc) is 3.26. The van der Waals surface area contributed by atoms with Crippen molar-refractivity contribution in [3.05, 3.63) is 35.4 Å². The van der Waals surface area contributed by atoms with Crippen molar-refractivity contribution in [3.8, 4) is 0 Å². The molecule has 1 saturated heterocycles. The lowest BCUT2D eigenvalue weighted by Crippen LogP contribution is -2.58. The summed E-state index contributed by atoms with van der Waals surface area (Å²) >= 11 is 0. The van der Waals surface area contributed by atoms with Crippen LogP contribution in [-0.2, 0) is 4.79 Å². The number of aliphatic hydroxyl groups is 1. The van der Waals surface area contributed by atoms with E-state index in [1.807, 2.05) is 31.2 Å². The van der Waals surface area contributed by atoms with Gasteiger partial charge in [-0.25, -0.2) is 0 Å². The molecule has 1 aliphatic carbocycles. The largest absolute Gasteiger partial charge is 0.418 e. The van der Waals surface area contributed by atoms with Crippen LogP contribution in [0, 0.1) is 12.8 Å². The minimum atomic E-state index is -4.70. The van der Waals surface area contributed by atoms with Gasteiger partial charge in [0.15, 0.2) is 5.60 Å². The number of hydrogen-bond donors (Lipinski definition) is 1. The monoisotopic (exact) mass is 327 g/mol. The fraction of sp³-hybridized carbons (Fsp3) is 0.588. The van der Waals surface area contributed by atoms with Gasteiger partial charge in [0.1, 0.15) is 0 Å². The summed E-state index contributed by atoms with van der Waals surface area (Å²) in [6, 6.07) is 7.77. The molecule has 1 amide bonds. The zero-order valence-electron chi connectivity index (χ0n) is 12.9. The van der Waals surface area contributed by atoms with Crippen molar-refractivity contribution in [1.29, 1.82) is 0 Å². The van der Waals surface area contributed by atoms with E-state index >= 15 is 0 Å². The summed E-state index contributed by atoms with van der Waals surface area (Å²) in [4.78, 5) is 13.7. The van der Waals surface area contributed by atoms with Gasteiger partial charge in [-0.05, 0) is 43.2 Å². The Balaban J connectivity index is 1.69. The topological polar surface area (TPSA) is 40.5 Å². The summed E-state index contributed by atoms with van der Waals surface area (Å²) in [5, 5.41) is 9.84. The van der Waals surface area contributed by atoms with E-state index in [0.29, 0.717) is 6.42 Å². The van der Waals surface area contributed by atoms with E-state index < -0.39 is 18.3 Å². The standard InChI is InChI=1S/C17H20F3NO2/c1-11-5-2-3-6-12(11)13-9-14(13)15(22)21-8-4-7-16(23,10-21)17(18,19)20/h2-3,5-6,13-14,23H,4,7-10H2,1H3/t13-,14+,16-/m0/s1. The van der Waals surface area contributed by atoms with Crippen molar-refractivity contribution in [2.45, 2.75) is 43.9 Å². The number of nitrogens with zero attached hydrogens (tertiary/aromatic N) is 1. The van der Waals surface area contributed by atoms with Crippen LogP contribution in [0.1, 0.15) is 36.3 Å². The maximum Gasteiger partial charge on any atom is 0.418 e. The quantitative estimate of drug-likeness (QED) is 0.907. The van der Waals surface area contributed by atoms with E-state index in [9.17, 15) is 23.1 Å². The van der Waals surface area contributed by atoms with E-state index in [4.69, 9.17) is 0 Å². The average molecular weight is 327 g/mol. The van der Waals surface area contributed by atoms with Gasteiger partial charge in [-0.2, -0.15) is 13.2 Å². The first-order chi connectivity index (χ1) is 10.7. The van der Waals surface area contributed by atoms with E-state index in [0.717, 1.165) is 11.1 Å². The number of carbonyl (C=O) groups is 1. The molecule has 0 aromatic heterocycles. The second-order valence-corrected chi connectivity index (χ2v) is 6.70. The Morgan fingerprint density at radius 3 is 2.70 bits per heavy atom. The van der Waals surface area contributed by atoms with Gasteiger partial charge in [0, 0.05) is 12.5 Å². The van der Waals surface area contributed by atoms with Gasteiger partial charge in [0.2, 0.25) is 5.91 Å². The van der Waals surface area contributed by atoms with Crippen molar-refractivity contribution < 1.29 is 23.1 Å². The molecule has 0 unspecified atom stereocenters. The third kappa shape index (κ3) is 2.96. The number of piperidine rings is 1. The molecule has 0 spiro atoms. The number of β-amino-alcohol motifs (C(OH)–C–C–N with tert-alkyl or cyclic N) is 1. The van der Waals surface area contributed by atoms with Crippen molar-refractivity contribution in [2.75, 3.05) is 13.1 Å². The number of aryl methyl sites for hydroxylation is 1. The van der Waals surface area contributed by atoms with Gasteiger partial charge in [-0.3, -0.25) is 4.79 Å². The highest BCUT2D eigenvalue weighted by molar-refractivity contribution is 5.83. The Morgan fingerprint density at radius 1 is 1.35 bits per heavy atom. The van der Waals surface area contributed by atoms with Crippen LogP contribution in [0.3, 0.4) is 0 Å². The van der Waals surface area contributed by atoms with E-state index in [2.05, 4.69) is 0 Å². The predicted molar refractivity (Wildman–Crippen MR) is 78.8 cm³/mol. The van der Waals surface area contributed by atoms with Crippen LogP contribution in [0.25, 0.3) is 0 Å². The number of carbonyl (C=O) groups excluding carboxylic acids is 1. The normalized spacial score (nSPS) is 31.1. The molecule has 1 saturated carbocycles. The van der Waals surface area contributed by atoms with Crippen LogP contribution >= 0.6 is 0 Å². The lowest BCUT2D eigenvalue weighted by molar-refractivity contribution is -0.272. The van der Waals surface area contributed by atoms with Gasteiger partial charge in [-0.1, -0.05) is 24.3 Å². The Hall–Kier alpha value is -1.56. The molecule has 1 aromatic carbocycles. The minimum absolute atomic E-state index is 0.0876. The van der Waals surface area contributed by atoms with Crippen LogP contribution in [0.15, 0.2) is 24.3 Å². The summed E-state index contributed by atoms with van der Waals surface area (Å²) < 4.78 is 39.0. The van der Waals surface area contributed by atoms with Crippen molar-refractivity contribution in [3.63, 3.8) is 0 Å². The molecule has 3 atom stereocenters. The summed E-state index contributed by atoms with van der Waals surface area (Å²) in [5.74, 6) is -0.433. The Bertz CT molecular complexity index is 616. The maximum absolute atomic E-state index is 13.0. The molecular formula is C17H20F3NO2. The molecule has 1 N–H and O–H groups in total. The first-order valence-corrected chi connectivity index (χ1v) is 7.86. The van der Waals surface area contributed by atoms with Crippen molar-refractivity contribution in [1.82, 2.24) is 4.90 Å². The number of hydrogen-bond acceptors (Lipinski definition) is 2. The third-order valence-electron chi connectivity index (χ3n) is 5.01. The fourth-order valence-electron chi connectivity index (χ4n) is 3.50. The molecule has 6 heteroatoms. The van der Waals surface area contributed by atoms with Crippen LogP contribution in [0.5, 0.6) is 0 Å². The number of halogens is 3. The van der Waals surface area contributed by atoms with Crippen molar-refractivity contribution >= 4 is 5.91 Å². The van der Waals surface area contributed by atoms with E-state index in [-0.39, 0.29) is 37.1 Å². The van der Waals surface area contributed by atoms with E-state index in [1.54, 1.807) is 0 Å². The molecule has 3 nitrogen and oxygen atoms in total. The number of amides is 1. The third-order valence-corrected chi connectivity index (χ3v) is 5.01. The first kappa shape index (κ1) is 16.3. The summed E-state index contributed by atoms with van der Waals surface area (Å²) in [5.41, 5.74) is -0.583. The Labute approximate surface area is 133 Å². The molecule has 23 heavy (non-hydrogen) atoms. The van der Waals surface area contributed by atoms with Gasteiger partial charge in [-0.15, -0.1) is 0 Å². The molecular weight excluding hydrogens is 307 g/mol. The van der Waals surface area contributed by atoms with Crippen LogP contribution in [0.4, 0.5) is 13.2 Å². The van der Waals surface area contributed by atoms with E-state index in [1.165, 1.54) is 4.90 Å². The summed E-state index contributed by atoms with van der Waals surface area (Å²) in [6.07, 6.45) is -4.20. The van der Waals surface area contributed by atoms with Crippen LogP contribution < -0.4 is 0 Å². The first-order valence-electron chi connectivity index (χ1n) is 7.86. The van der Waals surface area contributed by atoms with Gasteiger partial charge in [0.25, 0.3) is 0 Å². The molecule has 1 heterocycles. The lowest BCUT2D eigenvalue weighted by Gasteiger charge is -2.40. The maximum atomic E-state index is 13.0. The summed E-state index contributed by atoms with van der Waals surface area (Å²) in [6.45, 7) is 1.61. The molecule has 2 aliphatic rings. The van der Waals surface area contributed by atoms with Gasteiger partial charge in [0.05, 0.1) is 6.54 Å². The second-order valence-electron chi connectivity index (χ2n) is 6.70. The van der Waals surface area contributed by atoms with Crippen LogP contribution in [0.2, 0.25) is 0 Å². The molecule has 126 valence electrons. The van der Waals surface area contributed by atoms with Crippen LogP contribution in [-0.4, -0.2) is 40.8 Å². The van der Waals surface area contributed by atoms with Gasteiger partial charge >= 0.3 is 6.18 Å². The SMILES string of the molecule is Cc1ccccc1[C@@H]1C[C@H]1C(=O)N1CCC[C@@](O)(C(F)(F)F)C1. The zero-order chi connectivity index (χ0) is 16.8. The predicted octanol–water partition coefficient (Wildman–Crippen LogP) is 3.01. The van der Waals surface area contributed by atoms with Crippen molar-refractivity contribution in [2.24, 2.45) is 5.92 Å². The molecule has 0 bridgehead atoms. The number of likely N-dealkylation sites (tertiary alicyclic amines) is 1. The highest BCUT2D eigenvalue weighted by Gasteiger charge is 2.57. The number of benzene rings is 1. The van der Waals surface area contributed by atoms with Gasteiger partial charge < -0.3 is 10.0 Å². The molecule has 1 aromatic rings. The Morgan fingerprint density at radius 2 is 2.04 bits per heavy atom. The molecule has 0 radical (unpaired) electrons. The minimum Gasteiger partial charge on any atom is -0.379 e. The fourth-order valence-corrected chi connectivity index (χ4v) is 3.50. The number of rotatable bonds is 2. The highest BCUT2D eigenvalue weighted by Crippen LogP contribution is 2.50. The number of alkyl halides is 3. The highest BCUT2D eigenvalue weighted by atomic mass is 19.4. The zero-order valence-corrected chi connectivity index (χ0v) is 12.9. The molecule has 1 aliphatic heterocycles. The second kappa shape index (κ2) is 5.51. The molecule has 2 fully saturated rings. The smallest absolute Gasteiger partial charge is 0.379 e. The Kier molecular flexibility index (Phi) is 3.91.